The van der Waals surface area contributed by atoms with E-state index >= 15 is 0 Å². The van der Waals surface area contributed by atoms with Gasteiger partial charge in [-0.3, -0.25) is 9.59 Å². The molecule has 0 saturated heterocycles. The molecule has 1 aromatic heterocycles. The van der Waals surface area contributed by atoms with Crippen LogP contribution in [0.3, 0.4) is 0 Å². The average molecular weight is 436 g/mol. The van der Waals surface area contributed by atoms with Crippen molar-refractivity contribution in [2.45, 2.75) is 30.2 Å². The van der Waals surface area contributed by atoms with Gasteiger partial charge in [-0.2, -0.15) is 4.98 Å². The lowest BCUT2D eigenvalue weighted by Crippen LogP contribution is -2.33. The van der Waals surface area contributed by atoms with Crippen LogP contribution in [0.5, 0.6) is 11.5 Å². The summed E-state index contributed by atoms with van der Waals surface area (Å²) in [6, 6.07) is 13.7. The molecule has 0 spiro atoms. The van der Waals surface area contributed by atoms with Crippen molar-refractivity contribution in [2.24, 2.45) is 7.05 Å². The Morgan fingerprint density at radius 2 is 1.97 bits per heavy atom. The van der Waals surface area contributed by atoms with Crippen LogP contribution in [-0.2, 0) is 17.6 Å². The lowest BCUT2D eigenvalue weighted by atomic mass is 9.86. The fourth-order valence-corrected chi connectivity index (χ4v) is 5.03. The molecule has 158 valence electrons. The number of hydrogen-bond donors (Lipinski definition) is 1. The predicted molar refractivity (Wildman–Crippen MR) is 118 cm³/mol. The van der Waals surface area contributed by atoms with E-state index in [0.29, 0.717) is 33.8 Å². The second-order valence-corrected chi connectivity index (χ2v) is 8.60. The molecule has 8 heteroatoms. The van der Waals surface area contributed by atoms with Gasteiger partial charge in [0.2, 0.25) is 12.7 Å². The summed E-state index contributed by atoms with van der Waals surface area (Å²) in [4.78, 5) is 30.0. The number of nitrogens with zero attached hydrogens (tertiary/aromatic N) is 2. The molecule has 0 aliphatic carbocycles. The van der Waals surface area contributed by atoms with Crippen molar-refractivity contribution in [1.82, 2.24) is 9.55 Å². The number of benzene rings is 2. The molecular weight excluding hydrogens is 414 g/mol. The SMILES string of the molecule is Cc1ccccc1CSc1nc(=O)c2c(n1C)NC(=O)C[C@@H]2c1ccc2c(c1)OCO2. The molecule has 7 nitrogen and oxygen atoms in total. The molecule has 3 heterocycles. The van der Waals surface area contributed by atoms with Crippen LogP contribution >= 0.6 is 11.8 Å². The van der Waals surface area contributed by atoms with Crippen LogP contribution in [0.1, 0.15) is 34.6 Å². The first kappa shape index (κ1) is 19.7. The quantitative estimate of drug-likeness (QED) is 0.498. The van der Waals surface area contributed by atoms with Crippen LogP contribution in [0.4, 0.5) is 5.82 Å². The molecule has 0 unspecified atom stereocenters. The van der Waals surface area contributed by atoms with E-state index in [1.807, 2.05) is 37.4 Å². The number of rotatable bonds is 4. The smallest absolute Gasteiger partial charge is 0.279 e. The molecule has 2 aliphatic rings. The molecule has 2 aliphatic heterocycles. The third-order valence-corrected chi connectivity index (χ3v) is 6.80. The van der Waals surface area contributed by atoms with Crippen molar-refractivity contribution >= 4 is 23.5 Å². The number of aromatic nitrogens is 2. The van der Waals surface area contributed by atoms with Gasteiger partial charge in [-0.25, -0.2) is 0 Å². The first-order valence-electron chi connectivity index (χ1n) is 9.99. The summed E-state index contributed by atoms with van der Waals surface area (Å²) in [5.74, 6) is 1.96. The monoisotopic (exact) mass is 435 g/mol. The molecule has 0 radical (unpaired) electrons. The van der Waals surface area contributed by atoms with Gasteiger partial charge in [0.25, 0.3) is 5.56 Å². The predicted octanol–water partition coefficient (Wildman–Crippen LogP) is 3.58. The highest BCUT2D eigenvalue weighted by molar-refractivity contribution is 7.98. The summed E-state index contributed by atoms with van der Waals surface area (Å²) in [7, 11) is 1.83. The standard InChI is InChI=1S/C23H21N3O4S/c1-13-5-3-4-6-15(13)11-31-23-25-22(28)20-16(10-19(27)24-21(20)26(23)2)14-7-8-17-18(9-14)30-12-29-17/h3-9,16H,10-12H2,1-2H3,(H,24,27)/t16-/m1/s1. The van der Waals surface area contributed by atoms with Gasteiger partial charge in [-0.1, -0.05) is 42.1 Å². The summed E-state index contributed by atoms with van der Waals surface area (Å²) >= 11 is 1.48. The number of anilines is 1. The Morgan fingerprint density at radius 3 is 2.81 bits per heavy atom. The number of thioether (sulfide) groups is 1. The van der Waals surface area contributed by atoms with E-state index in [2.05, 4.69) is 29.4 Å². The van der Waals surface area contributed by atoms with Crippen LogP contribution in [-0.4, -0.2) is 22.3 Å². The van der Waals surface area contributed by atoms with Crippen molar-refractivity contribution < 1.29 is 14.3 Å². The van der Waals surface area contributed by atoms with E-state index in [1.54, 1.807) is 4.57 Å². The lowest BCUT2D eigenvalue weighted by Gasteiger charge is -2.27. The van der Waals surface area contributed by atoms with Crippen LogP contribution < -0.4 is 20.3 Å². The first-order chi connectivity index (χ1) is 15.0. The molecule has 1 atom stereocenters. The van der Waals surface area contributed by atoms with Gasteiger partial charge < -0.3 is 19.4 Å². The van der Waals surface area contributed by atoms with Crippen LogP contribution in [0.15, 0.2) is 52.4 Å². The summed E-state index contributed by atoms with van der Waals surface area (Å²) in [5.41, 5.74) is 3.39. The van der Waals surface area contributed by atoms with E-state index < -0.39 is 0 Å². The lowest BCUT2D eigenvalue weighted by molar-refractivity contribution is -0.116. The number of amides is 1. The fraction of sp³-hybridized carbons (Fsp3) is 0.261. The minimum atomic E-state index is -0.389. The normalized spacial score (nSPS) is 16.7. The zero-order chi connectivity index (χ0) is 21.5. The molecule has 0 bridgehead atoms. The maximum atomic E-state index is 13.1. The van der Waals surface area contributed by atoms with Gasteiger partial charge in [-0.05, 0) is 35.7 Å². The van der Waals surface area contributed by atoms with E-state index in [4.69, 9.17) is 9.47 Å². The highest BCUT2D eigenvalue weighted by atomic mass is 32.2. The molecule has 2 aromatic carbocycles. The largest absolute Gasteiger partial charge is 0.454 e. The van der Waals surface area contributed by atoms with Crippen LogP contribution in [0, 0.1) is 6.92 Å². The van der Waals surface area contributed by atoms with E-state index in [1.165, 1.54) is 22.9 Å². The minimum Gasteiger partial charge on any atom is -0.454 e. The Bertz CT molecular complexity index is 1250. The number of ether oxygens (including phenoxy) is 2. The van der Waals surface area contributed by atoms with Crippen molar-refractivity contribution in [2.75, 3.05) is 12.1 Å². The number of aryl methyl sites for hydroxylation is 1. The molecule has 3 aromatic rings. The molecular formula is C23H21N3O4S. The zero-order valence-corrected chi connectivity index (χ0v) is 18.0. The van der Waals surface area contributed by atoms with Gasteiger partial charge in [0, 0.05) is 25.1 Å². The Balaban J connectivity index is 1.52. The summed E-state index contributed by atoms with van der Waals surface area (Å²) in [6.45, 7) is 2.23. The van der Waals surface area contributed by atoms with Gasteiger partial charge in [0.1, 0.15) is 5.82 Å². The molecule has 5 rings (SSSR count). The minimum absolute atomic E-state index is 0.133. The third kappa shape index (κ3) is 3.57. The first-order valence-corrected chi connectivity index (χ1v) is 11.0. The van der Waals surface area contributed by atoms with Gasteiger partial charge >= 0.3 is 0 Å². The average Bonchev–Trinajstić information content (AvgIpc) is 3.23. The number of nitrogens with one attached hydrogen (secondary N) is 1. The summed E-state index contributed by atoms with van der Waals surface area (Å²) in [5, 5.41) is 3.45. The van der Waals surface area contributed by atoms with Gasteiger partial charge in [-0.15, -0.1) is 0 Å². The molecule has 0 fully saturated rings. The number of carbonyl (C=O) groups is 1. The summed E-state index contributed by atoms with van der Waals surface area (Å²) in [6.07, 6.45) is 0.180. The Labute approximate surface area is 183 Å². The highest BCUT2D eigenvalue weighted by Gasteiger charge is 2.33. The van der Waals surface area contributed by atoms with E-state index in [9.17, 15) is 9.59 Å². The molecule has 31 heavy (non-hydrogen) atoms. The zero-order valence-electron chi connectivity index (χ0n) is 17.2. The highest BCUT2D eigenvalue weighted by Crippen LogP contribution is 2.40. The van der Waals surface area contributed by atoms with Gasteiger partial charge in [0.05, 0.1) is 5.56 Å². The maximum Gasteiger partial charge on any atom is 0.279 e. The number of hydrogen-bond acceptors (Lipinski definition) is 6. The van der Waals surface area contributed by atoms with E-state index in [0.717, 1.165) is 5.56 Å². The second kappa shape index (κ2) is 7.77. The Morgan fingerprint density at radius 1 is 1.16 bits per heavy atom. The second-order valence-electron chi connectivity index (χ2n) is 7.65. The maximum absolute atomic E-state index is 13.1. The molecule has 1 amide bonds. The number of fused-ring (bicyclic) bond motifs is 2. The van der Waals surface area contributed by atoms with E-state index in [-0.39, 0.29) is 30.6 Å². The Kier molecular flexibility index (Phi) is 4.94. The third-order valence-electron chi connectivity index (χ3n) is 5.72. The van der Waals surface area contributed by atoms with Crippen molar-refractivity contribution in [3.8, 4) is 11.5 Å². The van der Waals surface area contributed by atoms with Crippen LogP contribution in [0.2, 0.25) is 0 Å². The molecule has 0 saturated carbocycles. The van der Waals surface area contributed by atoms with Crippen molar-refractivity contribution in [3.63, 3.8) is 0 Å². The van der Waals surface area contributed by atoms with Crippen LogP contribution in [0.25, 0.3) is 0 Å². The molecule has 1 N–H and O–H groups in total. The Hall–Kier alpha value is -3.26. The topological polar surface area (TPSA) is 82.5 Å². The number of carbonyl (C=O) groups excluding carboxylic acids is 1. The van der Waals surface area contributed by atoms with Gasteiger partial charge in [0.15, 0.2) is 16.7 Å². The van der Waals surface area contributed by atoms with Crippen molar-refractivity contribution in [3.05, 3.63) is 75.1 Å². The van der Waals surface area contributed by atoms with Crippen molar-refractivity contribution in [1.29, 1.82) is 0 Å². The fourth-order valence-electron chi connectivity index (χ4n) is 3.99. The summed E-state index contributed by atoms with van der Waals surface area (Å²) < 4.78 is 12.7.